The number of hydrogen-bond acceptors (Lipinski definition) is 2. The summed E-state index contributed by atoms with van der Waals surface area (Å²) in [5.74, 6) is 0. The number of benzene rings is 1. The van der Waals surface area contributed by atoms with Crippen molar-refractivity contribution in [3.05, 3.63) is 36.0 Å². The van der Waals surface area contributed by atoms with Gasteiger partial charge in [-0.15, -0.1) is 0 Å². The van der Waals surface area contributed by atoms with Crippen LogP contribution in [-0.4, -0.2) is 36.1 Å². The van der Waals surface area contributed by atoms with E-state index in [1.165, 1.54) is 29.3 Å². The fraction of sp³-hybridized carbons (Fsp3) is 0.467. The van der Waals surface area contributed by atoms with E-state index in [2.05, 4.69) is 46.5 Å². The maximum atomic E-state index is 3.54. The van der Waals surface area contributed by atoms with E-state index in [4.69, 9.17) is 0 Å². The van der Waals surface area contributed by atoms with Crippen molar-refractivity contribution in [3.8, 4) is 0 Å². The molecule has 0 aliphatic heterocycles. The molecule has 96 valence electrons. The molecule has 3 nitrogen and oxygen atoms in total. The molecule has 0 bridgehead atoms. The van der Waals surface area contributed by atoms with E-state index in [-0.39, 0.29) is 0 Å². The fourth-order valence-electron chi connectivity index (χ4n) is 2.48. The zero-order valence-corrected chi connectivity index (χ0v) is 10.9. The van der Waals surface area contributed by atoms with Crippen LogP contribution in [0.3, 0.4) is 0 Å². The lowest BCUT2D eigenvalue weighted by atomic mass is 10.1. The molecule has 0 atom stereocenters. The van der Waals surface area contributed by atoms with Crippen molar-refractivity contribution in [1.29, 1.82) is 0 Å². The summed E-state index contributed by atoms with van der Waals surface area (Å²) in [5, 5.41) is 4.88. The van der Waals surface area contributed by atoms with Gasteiger partial charge in [0.25, 0.3) is 0 Å². The Labute approximate surface area is 108 Å². The first kappa shape index (κ1) is 11.8. The van der Waals surface area contributed by atoms with Crippen LogP contribution in [0.5, 0.6) is 0 Å². The molecule has 0 unspecified atom stereocenters. The van der Waals surface area contributed by atoms with Gasteiger partial charge in [0.1, 0.15) is 0 Å². The highest BCUT2D eigenvalue weighted by molar-refractivity contribution is 5.82. The van der Waals surface area contributed by atoms with Gasteiger partial charge in [0, 0.05) is 42.8 Å². The third kappa shape index (κ3) is 2.57. The van der Waals surface area contributed by atoms with Crippen LogP contribution in [0.4, 0.5) is 0 Å². The standard InChI is InChI=1S/C15H21N3/c1-18(13-5-6-13)10-9-16-11-12-3-2-4-15-14(12)7-8-17-15/h2-4,7-8,13,16-17H,5-6,9-11H2,1H3. The van der Waals surface area contributed by atoms with E-state index in [0.717, 1.165) is 25.7 Å². The molecule has 0 amide bonds. The topological polar surface area (TPSA) is 31.1 Å². The maximum absolute atomic E-state index is 3.54. The zero-order chi connectivity index (χ0) is 12.4. The van der Waals surface area contributed by atoms with Crippen LogP contribution in [0, 0.1) is 0 Å². The Morgan fingerprint density at radius 1 is 1.33 bits per heavy atom. The molecule has 1 aliphatic rings. The van der Waals surface area contributed by atoms with E-state index >= 15 is 0 Å². The van der Waals surface area contributed by atoms with Gasteiger partial charge in [0.15, 0.2) is 0 Å². The van der Waals surface area contributed by atoms with Crippen LogP contribution in [0.2, 0.25) is 0 Å². The minimum absolute atomic E-state index is 0.861. The van der Waals surface area contributed by atoms with Crippen LogP contribution < -0.4 is 5.32 Å². The SMILES string of the molecule is CN(CCNCc1cccc2[nH]ccc12)C1CC1. The first-order chi connectivity index (χ1) is 8.84. The van der Waals surface area contributed by atoms with Gasteiger partial charge < -0.3 is 15.2 Å². The molecule has 3 rings (SSSR count). The Kier molecular flexibility index (Phi) is 3.35. The molecule has 1 fully saturated rings. The molecule has 0 saturated heterocycles. The van der Waals surface area contributed by atoms with Gasteiger partial charge in [-0.05, 0) is 37.6 Å². The maximum Gasteiger partial charge on any atom is 0.0457 e. The van der Waals surface area contributed by atoms with Gasteiger partial charge in [0.05, 0.1) is 0 Å². The molecule has 1 saturated carbocycles. The number of fused-ring (bicyclic) bond motifs is 1. The third-order valence-corrected chi connectivity index (χ3v) is 3.81. The number of aromatic nitrogens is 1. The quantitative estimate of drug-likeness (QED) is 0.763. The summed E-state index contributed by atoms with van der Waals surface area (Å²) in [7, 11) is 2.23. The summed E-state index contributed by atoms with van der Waals surface area (Å²) in [6.45, 7) is 3.16. The van der Waals surface area contributed by atoms with Gasteiger partial charge in [-0.3, -0.25) is 0 Å². The number of nitrogens with zero attached hydrogens (tertiary/aromatic N) is 1. The number of rotatable bonds is 6. The van der Waals surface area contributed by atoms with E-state index in [9.17, 15) is 0 Å². The average molecular weight is 243 g/mol. The number of nitrogens with one attached hydrogen (secondary N) is 2. The molecule has 18 heavy (non-hydrogen) atoms. The largest absolute Gasteiger partial charge is 0.361 e. The molecule has 1 aliphatic carbocycles. The fourth-order valence-corrected chi connectivity index (χ4v) is 2.48. The second-order valence-electron chi connectivity index (χ2n) is 5.24. The highest BCUT2D eigenvalue weighted by Crippen LogP contribution is 2.24. The number of aromatic amines is 1. The predicted molar refractivity (Wildman–Crippen MR) is 75.7 cm³/mol. The van der Waals surface area contributed by atoms with Crippen LogP contribution in [0.15, 0.2) is 30.5 Å². The van der Waals surface area contributed by atoms with Gasteiger partial charge in [-0.2, -0.15) is 0 Å². The van der Waals surface area contributed by atoms with Crippen molar-refractivity contribution in [2.24, 2.45) is 0 Å². The number of H-pyrrole nitrogens is 1. The molecule has 2 N–H and O–H groups in total. The second kappa shape index (κ2) is 5.12. The molecule has 3 heteroatoms. The summed E-state index contributed by atoms with van der Waals surface area (Å²) in [5.41, 5.74) is 2.60. The third-order valence-electron chi connectivity index (χ3n) is 3.81. The van der Waals surface area contributed by atoms with Crippen LogP contribution >= 0.6 is 0 Å². The number of likely N-dealkylation sites (N-methyl/N-ethyl adjacent to an activating group) is 1. The summed E-state index contributed by atoms with van der Waals surface area (Å²) in [6, 6.07) is 9.46. The Balaban J connectivity index is 1.51. The first-order valence-electron chi connectivity index (χ1n) is 6.80. The van der Waals surface area contributed by atoms with Crippen LogP contribution in [-0.2, 0) is 6.54 Å². The molecule has 0 spiro atoms. The molecular formula is C15H21N3. The minimum Gasteiger partial charge on any atom is -0.361 e. The second-order valence-corrected chi connectivity index (χ2v) is 5.24. The van der Waals surface area contributed by atoms with E-state index < -0.39 is 0 Å². The Morgan fingerprint density at radius 2 is 2.22 bits per heavy atom. The highest BCUT2D eigenvalue weighted by Gasteiger charge is 2.25. The summed E-state index contributed by atoms with van der Waals surface area (Å²) >= 11 is 0. The van der Waals surface area contributed by atoms with E-state index in [1.807, 2.05) is 6.20 Å². The lowest BCUT2D eigenvalue weighted by Gasteiger charge is -2.15. The smallest absolute Gasteiger partial charge is 0.0457 e. The van der Waals surface area contributed by atoms with Crippen molar-refractivity contribution in [1.82, 2.24) is 15.2 Å². The lowest BCUT2D eigenvalue weighted by Crippen LogP contribution is -2.30. The average Bonchev–Trinajstić information content (AvgIpc) is 3.12. The van der Waals surface area contributed by atoms with Crippen LogP contribution in [0.1, 0.15) is 18.4 Å². The predicted octanol–water partition coefficient (Wildman–Crippen LogP) is 2.35. The van der Waals surface area contributed by atoms with Crippen molar-refractivity contribution in [2.45, 2.75) is 25.4 Å². The van der Waals surface area contributed by atoms with E-state index in [0.29, 0.717) is 0 Å². The monoisotopic (exact) mass is 243 g/mol. The Hall–Kier alpha value is -1.32. The normalized spacial score (nSPS) is 15.7. The van der Waals surface area contributed by atoms with Gasteiger partial charge >= 0.3 is 0 Å². The minimum atomic E-state index is 0.861. The van der Waals surface area contributed by atoms with Gasteiger partial charge in [-0.25, -0.2) is 0 Å². The lowest BCUT2D eigenvalue weighted by molar-refractivity contribution is 0.322. The summed E-state index contributed by atoms with van der Waals surface area (Å²) in [6.07, 6.45) is 4.79. The van der Waals surface area contributed by atoms with Gasteiger partial charge in [0.2, 0.25) is 0 Å². The van der Waals surface area contributed by atoms with Crippen molar-refractivity contribution < 1.29 is 0 Å². The van der Waals surface area contributed by atoms with Crippen molar-refractivity contribution in [2.75, 3.05) is 20.1 Å². The Bertz CT molecular complexity index is 513. The van der Waals surface area contributed by atoms with Crippen LogP contribution in [0.25, 0.3) is 10.9 Å². The molecule has 1 heterocycles. The van der Waals surface area contributed by atoms with Crippen molar-refractivity contribution >= 4 is 10.9 Å². The summed E-state index contributed by atoms with van der Waals surface area (Å²) < 4.78 is 0. The molecule has 0 radical (unpaired) electrons. The van der Waals surface area contributed by atoms with Crippen molar-refractivity contribution in [3.63, 3.8) is 0 Å². The molecule has 1 aromatic carbocycles. The molecule has 1 aromatic heterocycles. The number of hydrogen-bond donors (Lipinski definition) is 2. The summed E-state index contributed by atoms with van der Waals surface area (Å²) in [4.78, 5) is 5.72. The highest BCUT2D eigenvalue weighted by atomic mass is 15.2. The Morgan fingerprint density at radius 3 is 3.06 bits per heavy atom. The first-order valence-corrected chi connectivity index (χ1v) is 6.80. The zero-order valence-electron chi connectivity index (χ0n) is 10.9. The molecular weight excluding hydrogens is 222 g/mol. The van der Waals surface area contributed by atoms with E-state index in [1.54, 1.807) is 0 Å². The van der Waals surface area contributed by atoms with Gasteiger partial charge in [-0.1, -0.05) is 12.1 Å². The molecule has 2 aromatic rings.